The molecule has 0 amide bonds. The second-order valence-electron chi connectivity index (χ2n) is 7.27. The first kappa shape index (κ1) is 20.9. The molecule has 0 saturated carbocycles. The van der Waals surface area contributed by atoms with Crippen LogP contribution in [0.25, 0.3) is 6.08 Å². The van der Waals surface area contributed by atoms with Gasteiger partial charge in [-0.05, 0) is 68.0 Å². The van der Waals surface area contributed by atoms with Gasteiger partial charge in [0.1, 0.15) is 5.75 Å². The molecular formula is C24H30O3. The number of phenols is 1. The van der Waals surface area contributed by atoms with Crippen molar-refractivity contribution >= 4 is 6.08 Å². The van der Waals surface area contributed by atoms with Gasteiger partial charge in [-0.15, -0.1) is 6.58 Å². The smallest absolute Gasteiger partial charge is 0.121 e. The molecule has 3 N–H and O–H groups in total. The fourth-order valence-corrected chi connectivity index (χ4v) is 3.37. The molecule has 0 fully saturated rings. The van der Waals surface area contributed by atoms with Crippen LogP contribution in [0.2, 0.25) is 0 Å². The minimum atomic E-state index is -0.773. The van der Waals surface area contributed by atoms with Crippen LogP contribution in [-0.4, -0.2) is 21.4 Å². The van der Waals surface area contributed by atoms with E-state index < -0.39 is 18.1 Å². The number of aromatic hydroxyl groups is 1. The third-order valence-electron chi connectivity index (χ3n) is 4.98. The van der Waals surface area contributed by atoms with E-state index in [0.717, 1.165) is 27.8 Å². The Hall–Kier alpha value is -2.36. The molecule has 0 heterocycles. The highest BCUT2D eigenvalue weighted by Gasteiger charge is 2.25. The Morgan fingerprint density at radius 1 is 1.07 bits per heavy atom. The first-order valence-electron chi connectivity index (χ1n) is 9.34. The monoisotopic (exact) mass is 366 g/mol. The van der Waals surface area contributed by atoms with E-state index in [4.69, 9.17) is 0 Å². The number of aliphatic hydroxyl groups is 2. The minimum absolute atomic E-state index is 0.337. The van der Waals surface area contributed by atoms with E-state index in [1.165, 1.54) is 0 Å². The molecule has 144 valence electrons. The van der Waals surface area contributed by atoms with Gasteiger partial charge in [-0.2, -0.15) is 0 Å². The van der Waals surface area contributed by atoms with Crippen molar-refractivity contribution in [2.24, 2.45) is 5.92 Å². The summed E-state index contributed by atoms with van der Waals surface area (Å²) in [4.78, 5) is 0. The molecule has 0 aliphatic rings. The lowest BCUT2D eigenvalue weighted by molar-refractivity contribution is 0.0319. The number of hydrogen-bond acceptors (Lipinski definition) is 3. The van der Waals surface area contributed by atoms with Crippen LogP contribution in [-0.2, 0) is 0 Å². The largest absolute Gasteiger partial charge is 0.507 e. The number of aliphatic hydroxyl groups excluding tert-OH is 2. The van der Waals surface area contributed by atoms with Gasteiger partial charge >= 0.3 is 0 Å². The summed E-state index contributed by atoms with van der Waals surface area (Å²) in [6.07, 6.45) is 3.51. The maximum absolute atomic E-state index is 10.6. The molecule has 0 spiro atoms. The second kappa shape index (κ2) is 9.54. The van der Waals surface area contributed by atoms with Crippen LogP contribution >= 0.6 is 0 Å². The molecule has 0 radical (unpaired) electrons. The van der Waals surface area contributed by atoms with Crippen molar-refractivity contribution in [3.05, 3.63) is 82.9 Å². The Labute approximate surface area is 162 Å². The number of aryl methyl sites for hydroxylation is 2. The molecule has 0 aromatic heterocycles. The van der Waals surface area contributed by atoms with Crippen LogP contribution < -0.4 is 0 Å². The predicted octanol–water partition coefficient (Wildman–Crippen LogP) is 5.09. The topological polar surface area (TPSA) is 60.7 Å². The van der Waals surface area contributed by atoms with Gasteiger partial charge in [0.15, 0.2) is 0 Å². The Kier molecular flexibility index (Phi) is 7.40. The summed E-state index contributed by atoms with van der Waals surface area (Å²) in [6, 6.07) is 13.3. The molecule has 2 rings (SSSR count). The maximum atomic E-state index is 10.6. The molecule has 3 atom stereocenters. The zero-order chi connectivity index (χ0) is 20.0. The first-order chi connectivity index (χ1) is 12.8. The molecule has 0 aliphatic heterocycles. The van der Waals surface area contributed by atoms with E-state index in [2.05, 4.69) is 12.7 Å². The van der Waals surface area contributed by atoms with Gasteiger partial charge in [0.25, 0.3) is 0 Å². The Bertz CT molecular complexity index is 770. The van der Waals surface area contributed by atoms with Gasteiger partial charge in [0.2, 0.25) is 0 Å². The zero-order valence-electron chi connectivity index (χ0n) is 16.4. The van der Waals surface area contributed by atoms with Crippen LogP contribution in [0.15, 0.2) is 60.7 Å². The van der Waals surface area contributed by atoms with Gasteiger partial charge in [0.05, 0.1) is 12.2 Å². The first-order valence-corrected chi connectivity index (χ1v) is 9.34. The Balaban J connectivity index is 2.02. The summed E-state index contributed by atoms with van der Waals surface area (Å²) in [6.45, 7) is 9.60. The Morgan fingerprint density at radius 3 is 2.22 bits per heavy atom. The molecule has 27 heavy (non-hydrogen) atoms. The summed E-state index contributed by atoms with van der Waals surface area (Å²) in [5.74, 6) is -0.0812. The summed E-state index contributed by atoms with van der Waals surface area (Å²) < 4.78 is 0. The van der Waals surface area contributed by atoms with Gasteiger partial charge in [-0.3, -0.25) is 0 Å². The summed E-state index contributed by atoms with van der Waals surface area (Å²) in [5.41, 5.74) is 4.66. The molecule has 0 saturated heterocycles. The van der Waals surface area contributed by atoms with E-state index >= 15 is 0 Å². The van der Waals surface area contributed by atoms with E-state index in [9.17, 15) is 15.3 Å². The third-order valence-corrected chi connectivity index (χ3v) is 4.98. The number of benzene rings is 2. The highest BCUT2D eigenvalue weighted by molar-refractivity contribution is 5.57. The average Bonchev–Trinajstić information content (AvgIpc) is 2.65. The minimum Gasteiger partial charge on any atom is -0.507 e. The summed E-state index contributed by atoms with van der Waals surface area (Å²) in [7, 11) is 0. The number of rotatable bonds is 8. The van der Waals surface area contributed by atoms with E-state index in [1.54, 1.807) is 6.08 Å². The van der Waals surface area contributed by atoms with Crippen molar-refractivity contribution in [1.82, 2.24) is 0 Å². The standard InChI is InChI=1S/C24H30O3/c1-5-21(24(27)20-9-7-6-8-10-20)22(25)12-11-16(2)13-19-14-17(3)23(26)18(4)15-19/h5-10,13-15,21-22,24-27H,1,11-12H2,2-4H3/b16-13+/t21-,22-,24-/m1/s1. The normalized spacial score (nSPS) is 15.2. The number of hydrogen-bond donors (Lipinski definition) is 3. The van der Waals surface area contributed by atoms with Gasteiger partial charge < -0.3 is 15.3 Å². The lowest BCUT2D eigenvalue weighted by Crippen LogP contribution is -2.25. The van der Waals surface area contributed by atoms with E-state index in [1.807, 2.05) is 63.2 Å². The molecule has 0 bridgehead atoms. The zero-order valence-corrected chi connectivity index (χ0v) is 16.4. The summed E-state index contributed by atoms with van der Waals surface area (Å²) in [5, 5.41) is 31.0. The molecule has 2 aromatic rings. The Morgan fingerprint density at radius 2 is 1.67 bits per heavy atom. The lowest BCUT2D eigenvalue weighted by atomic mass is 9.88. The molecule has 0 unspecified atom stereocenters. The lowest BCUT2D eigenvalue weighted by Gasteiger charge is -2.25. The van der Waals surface area contributed by atoms with Crippen LogP contribution in [0.4, 0.5) is 0 Å². The van der Waals surface area contributed by atoms with E-state index in [-0.39, 0.29) is 0 Å². The van der Waals surface area contributed by atoms with Crippen LogP contribution in [0.1, 0.15) is 48.1 Å². The van der Waals surface area contributed by atoms with Gasteiger partial charge in [-0.25, -0.2) is 0 Å². The van der Waals surface area contributed by atoms with Crippen molar-refractivity contribution < 1.29 is 15.3 Å². The fraction of sp³-hybridized carbons (Fsp3) is 0.333. The molecule has 2 aromatic carbocycles. The van der Waals surface area contributed by atoms with Gasteiger partial charge in [0, 0.05) is 5.92 Å². The van der Waals surface area contributed by atoms with Crippen molar-refractivity contribution in [3.8, 4) is 5.75 Å². The highest BCUT2D eigenvalue weighted by Crippen LogP contribution is 2.29. The second-order valence-corrected chi connectivity index (χ2v) is 7.27. The SMILES string of the molecule is C=C[C@H]([C@H](O)CC/C(C)=C/c1cc(C)c(O)c(C)c1)[C@H](O)c1ccccc1. The maximum Gasteiger partial charge on any atom is 0.121 e. The van der Waals surface area contributed by atoms with Crippen molar-refractivity contribution in [3.63, 3.8) is 0 Å². The van der Waals surface area contributed by atoms with Crippen LogP contribution in [0.5, 0.6) is 5.75 Å². The van der Waals surface area contributed by atoms with Crippen molar-refractivity contribution in [2.75, 3.05) is 0 Å². The number of phenolic OH excluding ortho intramolecular Hbond substituents is 1. The molecule has 0 aliphatic carbocycles. The van der Waals surface area contributed by atoms with Crippen LogP contribution in [0, 0.1) is 19.8 Å². The molecule has 3 nitrogen and oxygen atoms in total. The van der Waals surface area contributed by atoms with Gasteiger partial charge in [-0.1, -0.05) is 48.1 Å². The van der Waals surface area contributed by atoms with Crippen molar-refractivity contribution in [2.45, 2.75) is 45.8 Å². The average molecular weight is 367 g/mol. The predicted molar refractivity (Wildman–Crippen MR) is 112 cm³/mol. The van der Waals surface area contributed by atoms with Crippen molar-refractivity contribution in [1.29, 1.82) is 0 Å². The molecular weight excluding hydrogens is 336 g/mol. The van der Waals surface area contributed by atoms with E-state index in [0.29, 0.717) is 18.6 Å². The third kappa shape index (κ3) is 5.56. The highest BCUT2D eigenvalue weighted by atomic mass is 16.3. The quantitative estimate of drug-likeness (QED) is 0.570. The fourth-order valence-electron chi connectivity index (χ4n) is 3.37. The molecule has 3 heteroatoms. The van der Waals surface area contributed by atoms with Crippen LogP contribution in [0.3, 0.4) is 0 Å². The number of allylic oxidation sites excluding steroid dienone is 1. The summed E-state index contributed by atoms with van der Waals surface area (Å²) >= 11 is 0.